The van der Waals surface area contributed by atoms with Crippen molar-refractivity contribution in [3.05, 3.63) is 41.4 Å². The van der Waals surface area contributed by atoms with Crippen LogP contribution in [0.15, 0.2) is 30.3 Å². The van der Waals surface area contributed by atoms with E-state index in [0.29, 0.717) is 6.42 Å². The lowest BCUT2D eigenvalue weighted by molar-refractivity contribution is -0.123. The Bertz CT molecular complexity index is 500. The average Bonchev–Trinajstić information content (AvgIpc) is 2.30. The number of hydrogen-bond acceptors (Lipinski definition) is 1. The molecule has 0 bridgehead atoms. The zero-order chi connectivity index (χ0) is 12.7. The summed E-state index contributed by atoms with van der Waals surface area (Å²) < 4.78 is 0. The van der Waals surface area contributed by atoms with Crippen molar-refractivity contribution in [2.24, 2.45) is 5.41 Å². The minimum absolute atomic E-state index is 0.234. The van der Waals surface area contributed by atoms with Gasteiger partial charge in [0.25, 0.3) is 0 Å². The molecule has 0 saturated heterocycles. The van der Waals surface area contributed by atoms with Gasteiger partial charge in [-0.1, -0.05) is 43.9 Å². The average molecular weight is 226 g/mol. The summed E-state index contributed by atoms with van der Waals surface area (Å²) in [7, 11) is 0. The van der Waals surface area contributed by atoms with Gasteiger partial charge in [-0.05, 0) is 12.1 Å². The van der Waals surface area contributed by atoms with Crippen molar-refractivity contribution in [2.45, 2.75) is 20.3 Å². The number of nitrogens with zero attached hydrogens (tertiary/aromatic N) is 2. The third-order valence-corrected chi connectivity index (χ3v) is 2.38. The molecule has 17 heavy (non-hydrogen) atoms. The SMILES string of the molecule is CC(C)(CC#Cc1ccccc1)C(=O)C=[N+]=[N-]. The molecule has 0 atom stereocenters. The molecule has 1 rings (SSSR count). The lowest BCUT2D eigenvalue weighted by Gasteiger charge is -2.14. The molecule has 0 saturated carbocycles. The maximum atomic E-state index is 11.5. The molecule has 3 heteroatoms. The van der Waals surface area contributed by atoms with E-state index in [1.54, 1.807) is 13.8 Å². The predicted octanol–water partition coefficient (Wildman–Crippen LogP) is 2.32. The second kappa shape index (κ2) is 5.79. The number of carbonyl (C=O) groups is 1. The fraction of sp³-hybridized carbons (Fsp3) is 0.286. The van der Waals surface area contributed by atoms with Gasteiger partial charge in [0, 0.05) is 17.4 Å². The van der Waals surface area contributed by atoms with E-state index in [2.05, 4.69) is 16.6 Å². The molecular formula is C14H14N2O. The van der Waals surface area contributed by atoms with Crippen LogP contribution in [0.1, 0.15) is 25.8 Å². The third-order valence-electron chi connectivity index (χ3n) is 2.38. The quantitative estimate of drug-likeness (QED) is 0.338. The van der Waals surface area contributed by atoms with Crippen molar-refractivity contribution < 1.29 is 9.58 Å². The Morgan fingerprint density at radius 1 is 1.41 bits per heavy atom. The fourth-order valence-corrected chi connectivity index (χ4v) is 1.20. The summed E-state index contributed by atoms with van der Waals surface area (Å²) in [6, 6.07) is 9.59. The van der Waals surface area contributed by atoms with Crippen molar-refractivity contribution in [2.75, 3.05) is 0 Å². The Kier molecular flexibility index (Phi) is 4.39. The summed E-state index contributed by atoms with van der Waals surface area (Å²) in [5.74, 6) is 5.72. The fourth-order valence-electron chi connectivity index (χ4n) is 1.20. The second-order valence-electron chi connectivity index (χ2n) is 4.34. The standard InChI is InChI=1S/C14H14N2O/c1-14(2,13(17)11-16-15)10-6-9-12-7-4-3-5-8-12/h3-5,7-8,11H,10H2,1-2H3. The molecule has 3 nitrogen and oxygen atoms in total. The van der Waals surface area contributed by atoms with Crippen LogP contribution in [-0.2, 0) is 4.79 Å². The van der Waals surface area contributed by atoms with Gasteiger partial charge in [-0.2, -0.15) is 4.79 Å². The zero-order valence-electron chi connectivity index (χ0n) is 9.97. The second-order valence-corrected chi connectivity index (χ2v) is 4.34. The summed E-state index contributed by atoms with van der Waals surface area (Å²) in [6.07, 6.45) is 1.34. The van der Waals surface area contributed by atoms with Crippen molar-refractivity contribution in [1.29, 1.82) is 0 Å². The lowest BCUT2D eigenvalue weighted by Crippen LogP contribution is -2.24. The molecule has 0 fully saturated rings. The molecule has 0 radical (unpaired) electrons. The van der Waals surface area contributed by atoms with Crippen LogP contribution in [0, 0.1) is 17.3 Å². The van der Waals surface area contributed by atoms with Gasteiger partial charge in [0.15, 0.2) is 0 Å². The van der Waals surface area contributed by atoms with Gasteiger partial charge < -0.3 is 5.53 Å². The molecule has 0 unspecified atom stereocenters. The highest BCUT2D eigenvalue weighted by Crippen LogP contribution is 2.19. The van der Waals surface area contributed by atoms with E-state index in [1.165, 1.54) is 0 Å². The highest BCUT2D eigenvalue weighted by atomic mass is 16.1. The molecule has 0 aromatic heterocycles. The van der Waals surface area contributed by atoms with Crippen LogP contribution in [0.4, 0.5) is 0 Å². The topological polar surface area (TPSA) is 53.5 Å². The first-order valence-electron chi connectivity index (χ1n) is 5.32. The molecule has 0 aliphatic heterocycles. The molecule has 0 N–H and O–H groups in total. The number of rotatable bonds is 3. The normalized spacial score (nSPS) is 9.76. The summed E-state index contributed by atoms with van der Waals surface area (Å²) in [5.41, 5.74) is 8.61. The smallest absolute Gasteiger partial charge is 0.323 e. The van der Waals surface area contributed by atoms with Gasteiger partial charge in [-0.3, -0.25) is 4.79 Å². The van der Waals surface area contributed by atoms with Gasteiger partial charge in [0.05, 0.1) is 0 Å². The first-order valence-corrected chi connectivity index (χ1v) is 5.32. The number of hydrogen-bond donors (Lipinski definition) is 0. The van der Waals surface area contributed by atoms with Gasteiger partial charge >= 0.3 is 6.21 Å². The summed E-state index contributed by atoms with van der Waals surface area (Å²) in [4.78, 5) is 14.3. The van der Waals surface area contributed by atoms with Crippen LogP contribution in [0.25, 0.3) is 5.53 Å². The van der Waals surface area contributed by atoms with E-state index in [0.717, 1.165) is 11.8 Å². The largest absolute Gasteiger partial charge is 0.361 e. The maximum absolute atomic E-state index is 11.5. The molecular weight excluding hydrogens is 212 g/mol. The molecule has 0 heterocycles. The lowest BCUT2D eigenvalue weighted by atomic mass is 9.85. The van der Waals surface area contributed by atoms with Gasteiger partial charge in [-0.25, -0.2) is 0 Å². The monoisotopic (exact) mass is 226 g/mol. The molecule has 0 spiro atoms. The number of Topliss-reactive ketones (excluding diaryl/α,β-unsaturated/α-hetero) is 1. The summed E-state index contributed by atoms with van der Waals surface area (Å²) >= 11 is 0. The van der Waals surface area contributed by atoms with Crippen LogP contribution in [0.5, 0.6) is 0 Å². The van der Waals surface area contributed by atoms with Crippen LogP contribution in [0.3, 0.4) is 0 Å². The van der Waals surface area contributed by atoms with Crippen molar-refractivity contribution >= 4 is 12.0 Å². The molecule has 86 valence electrons. The minimum atomic E-state index is -0.631. The van der Waals surface area contributed by atoms with Gasteiger partial charge in [-0.15, -0.1) is 0 Å². The Morgan fingerprint density at radius 3 is 2.65 bits per heavy atom. The predicted molar refractivity (Wildman–Crippen MR) is 66.4 cm³/mol. The van der Waals surface area contributed by atoms with Crippen molar-refractivity contribution in [3.63, 3.8) is 0 Å². The zero-order valence-corrected chi connectivity index (χ0v) is 9.97. The van der Waals surface area contributed by atoms with Gasteiger partial charge in [0.2, 0.25) is 5.78 Å². The van der Waals surface area contributed by atoms with Crippen LogP contribution in [-0.4, -0.2) is 16.8 Å². The molecule has 1 aromatic carbocycles. The Labute approximate surface area is 101 Å². The van der Waals surface area contributed by atoms with E-state index >= 15 is 0 Å². The molecule has 1 aromatic rings. The van der Waals surface area contributed by atoms with Crippen molar-refractivity contribution in [3.8, 4) is 11.8 Å². The van der Waals surface area contributed by atoms with Crippen LogP contribution in [0.2, 0.25) is 0 Å². The van der Waals surface area contributed by atoms with E-state index < -0.39 is 5.41 Å². The third kappa shape index (κ3) is 4.06. The Hall–Kier alpha value is -2.17. The number of carbonyl (C=O) groups excluding carboxylic acids is 1. The van der Waals surface area contributed by atoms with Crippen molar-refractivity contribution in [1.82, 2.24) is 0 Å². The number of ketones is 1. The first kappa shape index (κ1) is 12.9. The highest BCUT2D eigenvalue weighted by molar-refractivity contribution is 6.27. The Morgan fingerprint density at radius 2 is 2.06 bits per heavy atom. The summed E-state index contributed by atoms with van der Waals surface area (Å²) in [5, 5.41) is 0. The van der Waals surface area contributed by atoms with Crippen LogP contribution < -0.4 is 0 Å². The van der Waals surface area contributed by atoms with Gasteiger partial charge in [0.1, 0.15) is 0 Å². The minimum Gasteiger partial charge on any atom is -0.361 e. The molecule has 0 aliphatic rings. The van der Waals surface area contributed by atoms with E-state index in [-0.39, 0.29) is 5.78 Å². The highest BCUT2D eigenvalue weighted by Gasteiger charge is 2.27. The van der Waals surface area contributed by atoms with E-state index in [4.69, 9.17) is 5.53 Å². The van der Waals surface area contributed by atoms with E-state index in [9.17, 15) is 4.79 Å². The molecule has 0 amide bonds. The maximum Gasteiger partial charge on any atom is 0.323 e. The Balaban J connectivity index is 2.71. The van der Waals surface area contributed by atoms with Crippen LogP contribution >= 0.6 is 0 Å². The summed E-state index contributed by atoms with van der Waals surface area (Å²) in [6.45, 7) is 3.55. The molecule has 0 aliphatic carbocycles. The van der Waals surface area contributed by atoms with E-state index in [1.807, 2.05) is 30.3 Å². The number of benzene rings is 1. The first-order chi connectivity index (χ1) is 8.06.